The molecule has 0 aliphatic carbocycles. The molecule has 0 fully saturated rings. The third-order valence-electron chi connectivity index (χ3n) is 2.40. The Kier molecular flexibility index (Phi) is 11.4. The molecule has 0 aliphatic rings. The fourth-order valence-corrected chi connectivity index (χ4v) is 1.53. The molecule has 20 heavy (non-hydrogen) atoms. The van der Waals surface area contributed by atoms with E-state index in [9.17, 15) is 4.39 Å². The minimum atomic E-state index is -0.234. The van der Waals surface area contributed by atoms with Crippen LogP contribution in [0.3, 0.4) is 0 Å². The van der Waals surface area contributed by atoms with Gasteiger partial charge in [0.05, 0.1) is 13.2 Å². The number of guanidine groups is 1. The SMILES string of the molecule is CCNC(=NCc1cccc(F)c1)NCCOCC.I. The van der Waals surface area contributed by atoms with Gasteiger partial charge in [0.2, 0.25) is 0 Å². The van der Waals surface area contributed by atoms with Gasteiger partial charge in [-0.05, 0) is 31.5 Å². The second kappa shape index (κ2) is 11.9. The van der Waals surface area contributed by atoms with E-state index in [0.717, 1.165) is 12.1 Å². The van der Waals surface area contributed by atoms with Gasteiger partial charge in [-0.2, -0.15) is 0 Å². The maximum atomic E-state index is 13.0. The fraction of sp³-hybridized carbons (Fsp3) is 0.500. The van der Waals surface area contributed by atoms with Crippen molar-refractivity contribution in [2.75, 3.05) is 26.3 Å². The van der Waals surface area contributed by atoms with E-state index in [1.807, 2.05) is 19.9 Å². The van der Waals surface area contributed by atoms with E-state index >= 15 is 0 Å². The van der Waals surface area contributed by atoms with Crippen LogP contribution in [0.1, 0.15) is 19.4 Å². The van der Waals surface area contributed by atoms with E-state index in [0.29, 0.717) is 32.3 Å². The Morgan fingerprint density at radius 2 is 2.10 bits per heavy atom. The van der Waals surface area contributed by atoms with E-state index in [-0.39, 0.29) is 29.8 Å². The lowest BCUT2D eigenvalue weighted by atomic mass is 10.2. The first-order valence-electron chi connectivity index (χ1n) is 6.60. The lowest BCUT2D eigenvalue weighted by molar-refractivity contribution is 0.152. The number of nitrogens with zero attached hydrogens (tertiary/aromatic N) is 1. The third kappa shape index (κ3) is 8.31. The number of ether oxygens (including phenoxy) is 1. The van der Waals surface area contributed by atoms with Gasteiger partial charge in [-0.3, -0.25) is 0 Å². The second-order valence-electron chi connectivity index (χ2n) is 3.95. The molecule has 0 radical (unpaired) electrons. The van der Waals surface area contributed by atoms with E-state index < -0.39 is 0 Å². The first kappa shape index (κ1) is 19.1. The molecule has 0 atom stereocenters. The minimum Gasteiger partial charge on any atom is -0.380 e. The number of hydrogen-bond donors (Lipinski definition) is 2. The van der Waals surface area contributed by atoms with Crippen molar-refractivity contribution in [3.8, 4) is 0 Å². The molecule has 0 aliphatic heterocycles. The van der Waals surface area contributed by atoms with Crippen molar-refractivity contribution in [2.45, 2.75) is 20.4 Å². The van der Waals surface area contributed by atoms with E-state index in [1.165, 1.54) is 12.1 Å². The summed E-state index contributed by atoms with van der Waals surface area (Å²) in [5.74, 6) is 0.480. The Bertz CT molecular complexity index is 402. The van der Waals surface area contributed by atoms with Crippen LogP contribution < -0.4 is 10.6 Å². The summed E-state index contributed by atoms with van der Waals surface area (Å²) in [5.41, 5.74) is 0.849. The van der Waals surface area contributed by atoms with Gasteiger partial charge < -0.3 is 15.4 Å². The Labute approximate surface area is 137 Å². The van der Waals surface area contributed by atoms with E-state index in [1.54, 1.807) is 6.07 Å². The van der Waals surface area contributed by atoms with Crippen molar-refractivity contribution in [2.24, 2.45) is 4.99 Å². The van der Waals surface area contributed by atoms with Crippen LogP contribution in [0.5, 0.6) is 0 Å². The van der Waals surface area contributed by atoms with Crippen molar-refractivity contribution in [1.29, 1.82) is 0 Å². The molecule has 0 heterocycles. The van der Waals surface area contributed by atoms with E-state index in [4.69, 9.17) is 4.74 Å². The minimum absolute atomic E-state index is 0. The number of benzene rings is 1. The van der Waals surface area contributed by atoms with Crippen LogP contribution in [-0.2, 0) is 11.3 Å². The quantitative estimate of drug-likeness (QED) is 0.323. The Balaban J connectivity index is 0.00000361. The highest BCUT2D eigenvalue weighted by Gasteiger charge is 1.98. The maximum Gasteiger partial charge on any atom is 0.191 e. The molecule has 0 saturated heterocycles. The van der Waals surface area contributed by atoms with Crippen molar-refractivity contribution < 1.29 is 9.13 Å². The Morgan fingerprint density at radius 1 is 1.30 bits per heavy atom. The average molecular weight is 395 g/mol. The van der Waals surface area contributed by atoms with Crippen LogP contribution in [0.15, 0.2) is 29.3 Å². The zero-order chi connectivity index (χ0) is 13.9. The number of rotatable bonds is 7. The molecular formula is C14H23FIN3O. The second-order valence-corrected chi connectivity index (χ2v) is 3.95. The van der Waals surface area contributed by atoms with Gasteiger partial charge in [0.1, 0.15) is 5.82 Å². The Morgan fingerprint density at radius 3 is 2.75 bits per heavy atom. The molecule has 0 unspecified atom stereocenters. The lowest BCUT2D eigenvalue weighted by Crippen LogP contribution is -2.39. The highest BCUT2D eigenvalue weighted by Crippen LogP contribution is 2.04. The first-order valence-corrected chi connectivity index (χ1v) is 6.60. The van der Waals surface area contributed by atoms with Crippen molar-refractivity contribution in [1.82, 2.24) is 10.6 Å². The zero-order valence-electron chi connectivity index (χ0n) is 12.0. The topological polar surface area (TPSA) is 45.7 Å². The average Bonchev–Trinajstić information content (AvgIpc) is 2.41. The van der Waals surface area contributed by atoms with Crippen molar-refractivity contribution >= 4 is 29.9 Å². The molecule has 0 bridgehead atoms. The third-order valence-corrected chi connectivity index (χ3v) is 2.40. The summed E-state index contributed by atoms with van der Waals surface area (Å²) in [5, 5.41) is 6.29. The van der Waals surface area contributed by atoms with E-state index in [2.05, 4.69) is 15.6 Å². The molecule has 0 amide bonds. The zero-order valence-corrected chi connectivity index (χ0v) is 14.3. The van der Waals surface area contributed by atoms with Crippen LogP contribution >= 0.6 is 24.0 Å². The normalized spacial score (nSPS) is 10.8. The predicted octanol–water partition coefficient (Wildman–Crippen LogP) is 2.54. The van der Waals surface area contributed by atoms with Crippen LogP contribution in [0, 0.1) is 5.82 Å². The van der Waals surface area contributed by atoms with Gasteiger partial charge in [-0.25, -0.2) is 9.38 Å². The molecule has 1 aromatic rings. The fourth-order valence-electron chi connectivity index (χ4n) is 1.53. The summed E-state index contributed by atoms with van der Waals surface area (Å²) >= 11 is 0. The van der Waals surface area contributed by atoms with Crippen LogP contribution in [0.25, 0.3) is 0 Å². The van der Waals surface area contributed by atoms with Crippen molar-refractivity contribution in [3.05, 3.63) is 35.6 Å². The van der Waals surface area contributed by atoms with Crippen LogP contribution in [0.4, 0.5) is 4.39 Å². The molecule has 0 spiro atoms. The lowest BCUT2D eigenvalue weighted by Gasteiger charge is -2.11. The van der Waals surface area contributed by atoms with Gasteiger partial charge in [-0.15, -0.1) is 24.0 Å². The molecule has 6 heteroatoms. The summed E-state index contributed by atoms with van der Waals surface area (Å²) in [4.78, 5) is 4.39. The van der Waals surface area contributed by atoms with Crippen molar-refractivity contribution in [3.63, 3.8) is 0 Å². The van der Waals surface area contributed by atoms with Gasteiger partial charge in [-0.1, -0.05) is 12.1 Å². The van der Waals surface area contributed by atoms with Gasteiger partial charge in [0, 0.05) is 19.7 Å². The number of aliphatic imine (C=N–C) groups is 1. The smallest absolute Gasteiger partial charge is 0.191 e. The monoisotopic (exact) mass is 395 g/mol. The van der Waals surface area contributed by atoms with Gasteiger partial charge in [0.15, 0.2) is 5.96 Å². The molecule has 4 nitrogen and oxygen atoms in total. The highest BCUT2D eigenvalue weighted by molar-refractivity contribution is 14.0. The summed E-state index contributed by atoms with van der Waals surface area (Å²) < 4.78 is 18.3. The van der Waals surface area contributed by atoms with Crippen LogP contribution in [-0.4, -0.2) is 32.3 Å². The standard InChI is InChI=1S/C14H22FN3O.HI/c1-3-16-14(17-8-9-19-4-2)18-11-12-6-5-7-13(15)10-12;/h5-7,10H,3-4,8-9,11H2,1-2H3,(H2,16,17,18);1H. The molecule has 114 valence electrons. The predicted molar refractivity (Wildman–Crippen MR) is 91.1 cm³/mol. The number of halogens is 2. The summed E-state index contributed by atoms with van der Waals surface area (Å²) in [6.07, 6.45) is 0. The summed E-state index contributed by atoms with van der Waals surface area (Å²) in [6, 6.07) is 6.47. The van der Waals surface area contributed by atoms with Gasteiger partial charge in [0.25, 0.3) is 0 Å². The largest absolute Gasteiger partial charge is 0.380 e. The van der Waals surface area contributed by atoms with Crippen LogP contribution in [0.2, 0.25) is 0 Å². The number of hydrogen-bond acceptors (Lipinski definition) is 2. The molecular weight excluding hydrogens is 372 g/mol. The maximum absolute atomic E-state index is 13.0. The first-order chi connectivity index (χ1) is 9.26. The molecule has 0 saturated carbocycles. The summed E-state index contributed by atoms with van der Waals surface area (Å²) in [7, 11) is 0. The van der Waals surface area contributed by atoms with Gasteiger partial charge >= 0.3 is 0 Å². The highest BCUT2D eigenvalue weighted by atomic mass is 127. The molecule has 0 aromatic heterocycles. The number of nitrogens with one attached hydrogen (secondary N) is 2. The Hall–Kier alpha value is -0.890. The molecule has 2 N–H and O–H groups in total. The summed E-state index contributed by atoms with van der Waals surface area (Å²) in [6.45, 7) is 7.23. The molecule has 1 rings (SSSR count). The molecule has 1 aromatic carbocycles.